The van der Waals surface area contributed by atoms with Gasteiger partial charge in [0.25, 0.3) is 0 Å². The molecule has 0 aromatic heterocycles. The predicted molar refractivity (Wildman–Crippen MR) is 63.3 cm³/mol. The summed E-state index contributed by atoms with van der Waals surface area (Å²) in [5, 5.41) is 0.370. The van der Waals surface area contributed by atoms with Crippen molar-refractivity contribution in [2.24, 2.45) is 0 Å². The first-order chi connectivity index (χ1) is 8.58. The molecule has 0 amide bonds. The third-order valence-electron chi connectivity index (χ3n) is 2.16. The van der Waals surface area contributed by atoms with Gasteiger partial charge in [-0.25, -0.2) is 8.78 Å². The number of hydrogen-bond acceptors (Lipinski definition) is 2. The zero-order valence-corrected chi connectivity index (χ0v) is 9.75. The molecule has 0 spiro atoms. The number of halogens is 3. The Kier molecular flexibility index (Phi) is 3.58. The first-order valence-electron chi connectivity index (χ1n) is 4.97. The second-order valence-corrected chi connectivity index (χ2v) is 3.94. The van der Waals surface area contributed by atoms with Crippen LogP contribution in [0.3, 0.4) is 0 Å². The van der Waals surface area contributed by atoms with Crippen LogP contribution in [0.1, 0.15) is 10.4 Å². The molecule has 0 N–H and O–H groups in total. The van der Waals surface area contributed by atoms with Gasteiger partial charge < -0.3 is 4.74 Å². The van der Waals surface area contributed by atoms with Crippen LogP contribution in [0.15, 0.2) is 36.4 Å². The summed E-state index contributed by atoms with van der Waals surface area (Å²) in [6.07, 6.45) is 0.552. The number of rotatable bonds is 3. The molecule has 0 bridgehead atoms. The Balaban J connectivity index is 2.36. The lowest BCUT2D eigenvalue weighted by molar-refractivity contribution is 0.112. The van der Waals surface area contributed by atoms with Crippen molar-refractivity contribution in [3.8, 4) is 11.5 Å². The summed E-state index contributed by atoms with van der Waals surface area (Å²) in [6, 6.07) is 7.14. The normalized spacial score (nSPS) is 10.2. The SMILES string of the molecule is O=Cc1cc(Cl)ccc1Oc1cc(F)cc(F)c1. The molecular weight excluding hydrogens is 262 g/mol. The summed E-state index contributed by atoms with van der Waals surface area (Å²) in [5.74, 6) is -1.37. The average Bonchev–Trinajstić information content (AvgIpc) is 2.30. The Bertz CT molecular complexity index is 579. The van der Waals surface area contributed by atoms with Crippen LogP contribution in [0.4, 0.5) is 8.78 Å². The molecule has 2 nitrogen and oxygen atoms in total. The summed E-state index contributed by atoms with van der Waals surface area (Å²) < 4.78 is 31.2. The minimum absolute atomic E-state index is 0.0297. The molecule has 0 saturated heterocycles. The van der Waals surface area contributed by atoms with Crippen LogP contribution in [0, 0.1) is 11.6 Å². The topological polar surface area (TPSA) is 26.3 Å². The summed E-state index contributed by atoms with van der Waals surface area (Å²) in [4.78, 5) is 10.8. The summed E-state index contributed by atoms with van der Waals surface area (Å²) >= 11 is 5.71. The van der Waals surface area contributed by atoms with Gasteiger partial charge in [0, 0.05) is 23.2 Å². The highest BCUT2D eigenvalue weighted by Crippen LogP contribution is 2.27. The monoisotopic (exact) mass is 268 g/mol. The van der Waals surface area contributed by atoms with Gasteiger partial charge in [-0.15, -0.1) is 0 Å². The van der Waals surface area contributed by atoms with Gasteiger partial charge in [0.2, 0.25) is 0 Å². The number of ether oxygens (including phenoxy) is 1. The van der Waals surface area contributed by atoms with Crippen LogP contribution in [0.25, 0.3) is 0 Å². The van der Waals surface area contributed by atoms with Crippen molar-refractivity contribution in [1.82, 2.24) is 0 Å². The Hall–Kier alpha value is -1.94. The molecule has 2 aromatic carbocycles. The third kappa shape index (κ3) is 2.84. The zero-order valence-electron chi connectivity index (χ0n) is 8.99. The average molecular weight is 269 g/mol. The van der Waals surface area contributed by atoms with Crippen molar-refractivity contribution < 1.29 is 18.3 Å². The van der Waals surface area contributed by atoms with Crippen LogP contribution in [0.5, 0.6) is 11.5 Å². The van der Waals surface area contributed by atoms with Gasteiger partial charge in [0.15, 0.2) is 6.29 Å². The molecule has 2 rings (SSSR count). The lowest BCUT2D eigenvalue weighted by Crippen LogP contribution is -1.92. The van der Waals surface area contributed by atoms with Crippen molar-refractivity contribution in [3.05, 3.63) is 58.6 Å². The highest BCUT2D eigenvalue weighted by atomic mass is 35.5. The lowest BCUT2D eigenvalue weighted by atomic mass is 10.2. The van der Waals surface area contributed by atoms with Crippen LogP contribution < -0.4 is 4.74 Å². The van der Waals surface area contributed by atoms with E-state index in [1.165, 1.54) is 18.2 Å². The smallest absolute Gasteiger partial charge is 0.153 e. The molecule has 0 unspecified atom stereocenters. The first kappa shape index (κ1) is 12.5. The fourth-order valence-corrected chi connectivity index (χ4v) is 1.60. The van der Waals surface area contributed by atoms with Gasteiger partial charge in [-0.05, 0) is 18.2 Å². The van der Waals surface area contributed by atoms with Crippen molar-refractivity contribution in [1.29, 1.82) is 0 Å². The number of aldehydes is 1. The molecule has 0 aliphatic rings. The van der Waals surface area contributed by atoms with Crippen LogP contribution in [-0.2, 0) is 0 Å². The van der Waals surface area contributed by atoms with Gasteiger partial charge in [-0.1, -0.05) is 11.6 Å². The zero-order chi connectivity index (χ0) is 13.1. The number of hydrogen-bond donors (Lipinski definition) is 0. The van der Waals surface area contributed by atoms with Crippen LogP contribution in [-0.4, -0.2) is 6.29 Å². The van der Waals surface area contributed by atoms with Gasteiger partial charge in [0.05, 0.1) is 5.56 Å². The molecule has 0 aliphatic carbocycles. The van der Waals surface area contributed by atoms with E-state index >= 15 is 0 Å². The van der Waals surface area contributed by atoms with E-state index in [9.17, 15) is 13.6 Å². The Labute approximate surface area is 107 Å². The molecule has 18 heavy (non-hydrogen) atoms. The van der Waals surface area contributed by atoms with E-state index in [-0.39, 0.29) is 17.1 Å². The first-order valence-corrected chi connectivity index (χ1v) is 5.35. The van der Waals surface area contributed by atoms with Gasteiger partial charge in [-0.2, -0.15) is 0 Å². The highest BCUT2D eigenvalue weighted by Gasteiger charge is 2.07. The van der Waals surface area contributed by atoms with E-state index in [1.807, 2.05) is 0 Å². The van der Waals surface area contributed by atoms with E-state index in [4.69, 9.17) is 16.3 Å². The van der Waals surface area contributed by atoms with Crippen molar-refractivity contribution in [2.45, 2.75) is 0 Å². The molecule has 0 heterocycles. The third-order valence-corrected chi connectivity index (χ3v) is 2.40. The number of carbonyl (C=O) groups is 1. The second-order valence-electron chi connectivity index (χ2n) is 3.51. The maximum atomic E-state index is 13.0. The number of carbonyl (C=O) groups excluding carboxylic acids is 1. The van der Waals surface area contributed by atoms with Crippen LogP contribution >= 0.6 is 11.6 Å². The molecule has 5 heteroatoms. The summed E-state index contributed by atoms with van der Waals surface area (Å²) in [6.45, 7) is 0. The molecule has 0 atom stereocenters. The van der Waals surface area contributed by atoms with E-state index in [1.54, 1.807) is 0 Å². The summed E-state index contributed by atoms with van der Waals surface area (Å²) in [5.41, 5.74) is 0.201. The van der Waals surface area contributed by atoms with E-state index in [0.717, 1.165) is 18.2 Å². The maximum absolute atomic E-state index is 13.0. The highest BCUT2D eigenvalue weighted by molar-refractivity contribution is 6.30. The Morgan fingerprint density at radius 1 is 1.06 bits per heavy atom. The van der Waals surface area contributed by atoms with Gasteiger partial charge in [0.1, 0.15) is 23.1 Å². The predicted octanol–water partition coefficient (Wildman–Crippen LogP) is 4.22. The Morgan fingerprint density at radius 3 is 2.33 bits per heavy atom. The quantitative estimate of drug-likeness (QED) is 0.779. The Morgan fingerprint density at radius 2 is 1.72 bits per heavy atom. The molecular formula is C13H7ClF2O2. The summed E-state index contributed by atoms with van der Waals surface area (Å²) in [7, 11) is 0. The fraction of sp³-hybridized carbons (Fsp3) is 0. The van der Waals surface area contributed by atoms with Crippen molar-refractivity contribution in [2.75, 3.05) is 0 Å². The fourth-order valence-electron chi connectivity index (χ4n) is 1.42. The molecule has 0 aliphatic heterocycles. The standard InChI is InChI=1S/C13H7ClF2O2/c14-9-1-2-13(8(3-9)7-17)18-12-5-10(15)4-11(16)6-12/h1-7H. The lowest BCUT2D eigenvalue weighted by Gasteiger charge is -2.08. The van der Waals surface area contributed by atoms with E-state index in [2.05, 4.69) is 0 Å². The minimum atomic E-state index is -0.758. The molecule has 92 valence electrons. The van der Waals surface area contributed by atoms with E-state index < -0.39 is 11.6 Å². The number of benzene rings is 2. The molecule has 2 aromatic rings. The van der Waals surface area contributed by atoms with Crippen molar-refractivity contribution >= 4 is 17.9 Å². The largest absolute Gasteiger partial charge is 0.456 e. The molecule has 0 radical (unpaired) electrons. The van der Waals surface area contributed by atoms with Gasteiger partial charge >= 0.3 is 0 Å². The maximum Gasteiger partial charge on any atom is 0.153 e. The molecule has 0 saturated carbocycles. The van der Waals surface area contributed by atoms with E-state index in [0.29, 0.717) is 11.3 Å². The minimum Gasteiger partial charge on any atom is -0.456 e. The van der Waals surface area contributed by atoms with Crippen molar-refractivity contribution in [3.63, 3.8) is 0 Å². The van der Waals surface area contributed by atoms with Crippen LogP contribution in [0.2, 0.25) is 5.02 Å². The second kappa shape index (κ2) is 5.14. The molecule has 0 fully saturated rings. The van der Waals surface area contributed by atoms with Gasteiger partial charge in [-0.3, -0.25) is 4.79 Å².